The van der Waals surface area contributed by atoms with Crippen LogP contribution in [-0.4, -0.2) is 34.3 Å². The van der Waals surface area contributed by atoms with Gasteiger partial charge in [-0.3, -0.25) is 4.79 Å². The van der Waals surface area contributed by atoms with Crippen molar-refractivity contribution in [3.63, 3.8) is 0 Å². The van der Waals surface area contributed by atoms with Gasteiger partial charge < -0.3 is 10.4 Å². The summed E-state index contributed by atoms with van der Waals surface area (Å²) in [7, 11) is 0. The van der Waals surface area contributed by atoms with Crippen LogP contribution in [0.3, 0.4) is 0 Å². The van der Waals surface area contributed by atoms with Gasteiger partial charge in [0.15, 0.2) is 5.78 Å². The highest BCUT2D eigenvalue weighted by molar-refractivity contribution is 9.09. The second-order valence-corrected chi connectivity index (χ2v) is 4.78. The molecule has 17 heavy (non-hydrogen) atoms. The smallest absolute Gasteiger partial charge is 0.405 e. The molecule has 1 aliphatic carbocycles. The van der Waals surface area contributed by atoms with Gasteiger partial charge in [0.1, 0.15) is 0 Å². The maximum Gasteiger partial charge on any atom is 0.405 e. The van der Waals surface area contributed by atoms with Crippen molar-refractivity contribution in [2.45, 2.75) is 37.6 Å². The molecule has 0 aromatic rings. The van der Waals surface area contributed by atoms with E-state index in [1.807, 2.05) is 0 Å². The van der Waals surface area contributed by atoms with Crippen LogP contribution in [0, 0.1) is 5.92 Å². The average Bonchev–Trinajstić information content (AvgIpc) is 2.25. The number of hydrogen-bond donors (Lipinski definition) is 2. The molecule has 1 unspecified atom stereocenters. The molecule has 0 radical (unpaired) electrons. The lowest BCUT2D eigenvalue weighted by Crippen LogP contribution is -2.47. The van der Waals surface area contributed by atoms with Gasteiger partial charge in [-0.05, 0) is 18.8 Å². The van der Waals surface area contributed by atoms with Gasteiger partial charge in [0.2, 0.25) is 5.92 Å². The van der Waals surface area contributed by atoms with Gasteiger partial charge in [-0.25, -0.2) is 13.6 Å². The molecule has 0 spiro atoms. The van der Waals surface area contributed by atoms with Gasteiger partial charge in [-0.15, -0.1) is 0 Å². The minimum atomic E-state index is -2.68. The molecule has 1 rings (SSSR count). The predicted octanol–water partition coefficient (Wildman–Crippen LogP) is 2.41. The molecular weight excluding hydrogens is 300 g/mol. The van der Waals surface area contributed by atoms with E-state index in [9.17, 15) is 18.4 Å². The van der Waals surface area contributed by atoms with Crippen molar-refractivity contribution in [1.29, 1.82) is 0 Å². The zero-order valence-corrected chi connectivity index (χ0v) is 10.7. The number of ketones is 1. The molecule has 4 nitrogen and oxygen atoms in total. The third-order valence-electron chi connectivity index (χ3n) is 2.99. The van der Waals surface area contributed by atoms with E-state index in [1.165, 1.54) is 0 Å². The van der Waals surface area contributed by atoms with Crippen LogP contribution in [0.2, 0.25) is 0 Å². The first-order valence-corrected chi connectivity index (χ1v) is 6.44. The molecule has 0 aromatic carbocycles. The van der Waals surface area contributed by atoms with Crippen molar-refractivity contribution in [2.75, 3.05) is 5.33 Å². The standard InChI is InChI=1S/C10H14BrF2NO3/c11-5-7(15)8(14-9(16)17)6-1-3-10(12,13)4-2-6/h6,8,14H,1-5H2,(H,16,17). The number of alkyl halides is 3. The van der Waals surface area contributed by atoms with Crippen LogP contribution >= 0.6 is 15.9 Å². The van der Waals surface area contributed by atoms with E-state index in [2.05, 4.69) is 21.2 Å². The molecule has 0 saturated heterocycles. The van der Waals surface area contributed by atoms with Crippen LogP contribution < -0.4 is 5.32 Å². The Morgan fingerprint density at radius 3 is 2.35 bits per heavy atom. The first-order valence-electron chi connectivity index (χ1n) is 5.31. The van der Waals surface area contributed by atoms with Gasteiger partial charge in [0, 0.05) is 12.8 Å². The van der Waals surface area contributed by atoms with Crippen molar-refractivity contribution in [3.05, 3.63) is 0 Å². The zero-order chi connectivity index (χ0) is 13.1. The third kappa shape index (κ3) is 4.22. The lowest BCUT2D eigenvalue weighted by atomic mass is 9.81. The van der Waals surface area contributed by atoms with Crippen LogP contribution in [-0.2, 0) is 4.79 Å². The van der Waals surface area contributed by atoms with E-state index in [1.54, 1.807) is 0 Å². The summed E-state index contributed by atoms with van der Waals surface area (Å²) in [5, 5.41) is 10.8. The van der Waals surface area contributed by atoms with Crippen molar-refractivity contribution >= 4 is 27.8 Å². The van der Waals surface area contributed by atoms with E-state index in [0.29, 0.717) is 0 Å². The highest BCUT2D eigenvalue weighted by Gasteiger charge is 2.39. The summed E-state index contributed by atoms with van der Waals surface area (Å²) in [6.45, 7) is 0. The monoisotopic (exact) mass is 313 g/mol. The summed E-state index contributed by atoms with van der Waals surface area (Å²) in [5.74, 6) is -3.33. The van der Waals surface area contributed by atoms with Crippen LogP contribution in [0.1, 0.15) is 25.7 Å². The van der Waals surface area contributed by atoms with E-state index in [4.69, 9.17) is 5.11 Å². The second kappa shape index (κ2) is 5.75. The summed E-state index contributed by atoms with van der Waals surface area (Å²) < 4.78 is 25.9. The molecule has 1 saturated carbocycles. The topological polar surface area (TPSA) is 66.4 Å². The van der Waals surface area contributed by atoms with E-state index >= 15 is 0 Å². The van der Waals surface area contributed by atoms with Crippen LogP contribution in [0.5, 0.6) is 0 Å². The summed E-state index contributed by atoms with van der Waals surface area (Å²) in [5.41, 5.74) is 0. The number of Topliss-reactive ketones (excluding diaryl/α,β-unsaturated/α-hetero) is 1. The fraction of sp³-hybridized carbons (Fsp3) is 0.800. The molecule has 98 valence electrons. The van der Waals surface area contributed by atoms with Gasteiger partial charge >= 0.3 is 6.09 Å². The Balaban J connectivity index is 2.65. The number of hydrogen-bond acceptors (Lipinski definition) is 2. The number of carbonyl (C=O) groups excluding carboxylic acids is 1. The van der Waals surface area contributed by atoms with Gasteiger partial charge in [0.05, 0.1) is 11.4 Å². The summed E-state index contributed by atoms with van der Waals surface area (Å²) in [6, 6.07) is -0.886. The average molecular weight is 314 g/mol. The lowest BCUT2D eigenvalue weighted by Gasteiger charge is -2.32. The zero-order valence-electron chi connectivity index (χ0n) is 9.09. The fourth-order valence-corrected chi connectivity index (χ4v) is 2.42. The quantitative estimate of drug-likeness (QED) is 0.783. The molecule has 0 aromatic heterocycles. The number of halogens is 3. The maximum absolute atomic E-state index is 13.0. The van der Waals surface area contributed by atoms with Crippen molar-refractivity contribution < 1.29 is 23.5 Å². The molecule has 1 atom stereocenters. The number of rotatable bonds is 4. The second-order valence-electron chi connectivity index (χ2n) is 4.22. The van der Waals surface area contributed by atoms with Crippen LogP contribution in [0.25, 0.3) is 0 Å². The van der Waals surface area contributed by atoms with Gasteiger partial charge in [-0.2, -0.15) is 0 Å². The van der Waals surface area contributed by atoms with Crippen molar-refractivity contribution in [2.24, 2.45) is 5.92 Å². The molecule has 0 heterocycles. The predicted molar refractivity (Wildman–Crippen MR) is 60.7 cm³/mol. The maximum atomic E-state index is 13.0. The van der Waals surface area contributed by atoms with Crippen LogP contribution in [0.4, 0.5) is 13.6 Å². The Morgan fingerprint density at radius 1 is 1.41 bits per heavy atom. The van der Waals surface area contributed by atoms with Crippen molar-refractivity contribution in [3.8, 4) is 0 Å². The van der Waals surface area contributed by atoms with Gasteiger partial charge in [0.25, 0.3) is 0 Å². The highest BCUT2D eigenvalue weighted by Crippen LogP contribution is 2.37. The normalized spacial score (nSPS) is 21.8. The summed E-state index contributed by atoms with van der Waals surface area (Å²) >= 11 is 2.96. The molecule has 0 bridgehead atoms. The molecule has 2 N–H and O–H groups in total. The summed E-state index contributed by atoms with van der Waals surface area (Å²) in [4.78, 5) is 22.1. The molecule has 0 aliphatic heterocycles. The number of nitrogens with one attached hydrogen (secondary N) is 1. The molecule has 1 aliphatic rings. The first kappa shape index (κ1) is 14.3. The third-order valence-corrected chi connectivity index (χ3v) is 3.54. The fourth-order valence-electron chi connectivity index (χ4n) is 2.07. The van der Waals surface area contributed by atoms with E-state index < -0.39 is 18.1 Å². The minimum Gasteiger partial charge on any atom is -0.465 e. The largest absolute Gasteiger partial charge is 0.465 e. The Kier molecular flexibility index (Phi) is 4.85. The number of carboxylic acid groups (broad SMARTS) is 1. The number of amides is 1. The van der Waals surface area contributed by atoms with Crippen LogP contribution in [0.15, 0.2) is 0 Å². The lowest BCUT2D eigenvalue weighted by molar-refractivity contribution is -0.121. The number of carbonyl (C=O) groups is 2. The van der Waals surface area contributed by atoms with Crippen molar-refractivity contribution in [1.82, 2.24) is 5.32 Å². The summed E-state index contributed by atoms with van der Waals surface area (Å²) in [6.07, 6.45) is -1.55. The Labute approximate surface area is 106 Å². The molecule has 7 heteroatoms. The minimum absolute atomic E-state index is 0.0187. The Bertz CT molecular complexity index is 302. The molecular formula is C10H14BrF2NO3. The highest BCUT2D eigenvalue weighted by atomic mass is 79.9. The van der Waals surface area contributed by atoms with E-state index in [-0.39, 0.29) is 42.7 Å². The SMILES string of the molecule is O=C(O)NC(C(=O)CBr)C1CCC(F)(F)CC1. The molecule has 1 fully saturated rings. The first-order chi connectivity index (χ1) is 7.85. The molecule has 1 amide bonds. The van der Waals surface area contributed by atoms with E-state index in [0.717, 1.165) is 0 Å². The Morgan fingerprint density at radius 2 is 1.94 bits per heavy atom. The Hall–Kier alpha value is -0.720. The van der Waals surface area contributed by atoms with Gasteiger partial charge in [-0.1, -0.05) is 15.9 Å².